The average Bonchev–Trinajstić information content (AvgIpc) is 2.42. The summed E-state index contributed by atoms with van der Waals surface area (Å²) < 4.78 is 6.46. The average molecular weight is 350 g/mol. The Balaban J connectivity index is 2.46. The summed E-state index contributed by atoms with van der Waals surface area (Å²) in [6.07, 6.45) is 0. The van der Waals surface area contributed by atoms with Crippen molar-refractivity contribution in [3.05, 3.63) is 62.1 Å². The third-order valence-corrected chi connectivity index (χ3v) is 3.49. The van der Waals surface area contributed by atoms with Crippen molar-refractivity contribution in [1.29, 1.82) is 0 Å². The fourth-order valence-corrected chi connectivity index (χ4v) is 2.26. The summed E-state index contributed by atoms with van der Waals surface area (Å²) in [7, 11) is 0. The van der Waals surface area contributed by atoms with Gasteiger partial charge in [0.05, 0.1) is 16.1 Å². The second kappa shape index (κ2) is 6.05. The highest BCUT2D eigenvalue weighted by Gasteiger charge is 2.16. The molecule has 0 spiro atoms. The summed E-state index contributed by atoms with van der Waals surface area (Å²) in [6.45, 7) is 3.05. The molecule has 0 aliphatic rings. The van der Waals surface area contributed by atoms with Gasteiger partial charge in [0, 0.05) is 10.5 Å². The van der Waals surface area contributed by atoms with Crippen molar-refractivity contribution in [3.63, 3.8) is 0 Å². The smallest absolute Gasteiger partial charge is 0.276 e. The summed E-state index contributed by atoms with van der Waals surface area (Å²) in [5, 5.41) is 10.9. The molecule has 21 heavy (non-hydrogen) atoms. The molecule has 0 aliphatic heterocycles. The number of rotatable bonds is 4. The van der Waals surface area contributed by atoms with Gasteiger partial charge in [-0.15, -0.1) is 0 Å². The van der Waals surface area contributed by atoms with Crippen LogP contribution in [0.3, 0.4) is 0 Å². The molecule has 0 saturated carbocycles. The van der Waals surface area contributed by atoms with Crippen molar-refractivity contribution in [2.45, 2.75) is 13.8 Å². The van der Waals surface area contributed by atoms with E-state index in [1.807, 2.05) is 0 Å². The van der Waals surface area contributed by atoms with Crippen LogP contribution in [0.2, 0.25) is 0 Å². The van der Waals surface area contributed by atoms with E-state index in [0.717, 1.165) is 4.47 Å². The van der Waals surface area contributed by atoms with E-state index in [-0.39, 0.29) is 11.5 Å². The second-order valence-corrected chi connectivity index (χ2v) is 5.37. The van der Waals surface area contributed by atoms with Gasteiger partial charge in [0.15, 0.2) is 5.78 Å². The normalized spacial score (nSPS) is 10.2. The van der Waals surface area contributed by atoms with Gasteiger partial charge in [0.25, 0.3) is 5.69 Å². The summed E-state index contributed by atoms with van der Waals surface area (Å²) >= 11 is 3.30. The van der Waals surface area contributed by atoms with Crippen LogP contribution in [0.15, 0.2) is 40.9 Å². The first-order valence-corrected chi connectivity index (χ1v) is 6.92. The number of benzene rings is 2. The van der Waals surface area contributed by atoms with E-state index < -0.39 is 4.92 Å². The number of ketones is 1. The third kappa shape index (κ3) is 3.28. The number of nitrogens with zero attached hydrogens (tertiary/aromatic N) is 1. The van der Waals surface area contributed by atoms with Crippen LogP contribution in [0.1, 0.15) is 22.8 Å². The lowest BCUT2D eigenvalue weighted by molar-refractivity contribution is -0.385. The fraction of sp³-hybridized carbons (Fsp3) is 0.133. The Morgan fingerprint density at radius 3 is 2.57 bits per heavy atom. The van der Waals surface area contributed by atoms with E-state index in [1.54, 1.807) is 37.3 Å². The van der Waals surface area contributed by atoms with Crippen molar-refractivity contribution < 1.29 is 14.5 Å². The van der Waals surface area contributed by atoms with Crippen LogP contribution < -0.4 is 4.74 Å². The summed E-state index contributed by atoms with van der Waals surface area (Å²) in [5.74, 6) is 0.581. The lowest BCUT2D eigenvalue weighted by atomic mass is 10.1. The SMILES string of the molecule is CC(=O)c1cc(Br)ccc1Oc1cccc([N+](=O)[O-])c1C. The van der Waals surface area contributed by atoms with Gasteiger partial charge in [-0.25, -0.2) is 0 Å². The summed E-state index contributed by atoms with van der Waals surface area (Å²) in [5.41, 5.74) is 0.809. The predicted octanol–water partition coefficient (Wildman–Crippen LogP) is 4.66. The van der Waals surface area contributed by atoms with Gasteiger partial charge in [0.1, 0.15) is 11.5 Å². The van der Waals surface area contributed by atoms with E-state index in [0.29, 0.717) is 22.6 Å². The minimum Gasteiger partial charge on any atom is -0.456 e. The maximum atomic E-state index is 11.7. The zero-order valence-electron chi connectivity index (χ0n) is 11.4. The molecule has 0 N–H and O–H groups in total. The van der Waals surface area contributed by atoms with E-state index in [2.05, 4.69) is 15.9 Å². The van der Waals surface area contributed by atoms with Crippen LogP contribution in [-0.4, -0.2) is 10.7 Å². The predicted molar refractivity (Wildman–Crippen MR) is 82.1 cm³/mol. The van der Waals surface area contributed by atoms with Crippen LogP contribution in [0.5, 0.6) is 11.5 Å². The van der Waals surface area contributed by atoms with E-state index >= 15 is 0 Å². The quantitative estimate of drug-likeness (QED) is 0.457. The highest BCUT2D eigenvalue weighted by atomic mass is 79.9. The standard InChI is InChI=1S/C15H12BrNO4/c1-9-13(17(19)20)4-3-5-14(9)21-15-7-6-11(16)8-12(15)10(2)18/h3-8H,1-2H3. The first-order chi connectivity index (χ1) is 9.90. The van der Waals surface area contributed by atoms with Gasteiger partial charge in [-0.2, -0.15) is 0 Å². The van der Waals surface area contributed by atoms with Gasteiger partial charge < -0.3 is 4.74 Å². The van der Waals surface area contributed by atoms with Gasteiger partial charge in [-0.05, 0) is 38.1 Å². The van der Waals surface area contributed by atoms with Crippen molar-refractivity contribution in [2.75, 3.05) is 0 Å². The highest BCUT2D eigenvalue weighted by molar-refractivity contribution is 9.10. The Morgan fingerprint density at radius 1 is 1.24 bits per heavy atom. The molecule has 0 amide bonds. The largest absolute Gasteiger partial charge is 0.456 e. The molecule has 108 valence electrons. The molecule has 5 nitrogen and oxygen atoms in total. The maximum absolute atomic E-state index is 11.7. The zero-order chi connectivity index (χ0) is 15.6. The van der Waals surface area contributed by atoms with E-state index in [4.69, 9.17) is 4.74 Å². The number of hydrogen-bond acceptors (Lipinski definition) is 4. The molecule has 0 radical (unpaired) electrons. The number of carbonyl (C=O) groups excluding carboxylic acids is 1. The summed E-state index contributed by atoms with van der Waals surface area (Å²) in [6, 6.07) is 9.65. The van der Waals surface area contributed by atoms with Gasteiger partial charge in [-0.1, -0.05) is 22.0 Å². The van der Waals surface area contributed by atoms with Crippen molar-refractivity contribution >= 4 is 27.4 Å². The topological polar surface area (TPSA) is 69.4 Å². The molecule has 2 rings (SSSR count). The molecular formula is C15H12BrNO4. The molecule has 0 atom stereocenters. The lowest BCUT2D eigenvalue weighted by Gasteiger charge is -2.12. The Labute approximate surface area is 129 Å². The lowest BCUT2D eigenvalue weighted by Crippen LogP contribution is -1.99. The number of ether oxygens (including phenoxy) is 1. The van der Waals surface area contributed by atoms with Crippen LogP contribution in [0, 0.1) is 17.0 Å². The Hall–Kier alpha value is -2.21. The number of hydrogen-bond donors (Lipinski definition) is 0. The zero-order valence-corrected chi connectivity index (χ0v) is 13.0. The van der Waals surface area contributed by atoms with E-state index in [9.17, 15) is 14.9 Å². The van der Waals surface area contributed by atoms with E-state index in [1.165, 1.54) is 13.0 Å². The number of Topliss-reactive ketones (excluding diaryl/α,β-unsaturated/α-hetero) is 1. The molecular weight excluding hydrogens is 338 g/mol. The fourth-order valence-electron chi connectivity index (χ4n) is 1.90. The number of halogens is 1. The van der Waals surface area contributed by atoms with Crippen molar-refractivity contribution in [2.24, 2.45) is 0 Å². The van der Waals surface area contributed by atoms with Crippen molar-refractivity contribution in [3.8, 4) is 11.5 Å². The second-order valence-electron chi connectivity index (χ2n) is 4.46. The molecule has 2 aromatic carbocycles. The highest BCUT2D eigenvalue weighted by Crippen LogP contribution is 2.33. The molecule has 0 aliphatic carbocycles. The van der Waals surface area contributed by atoms with Crippen LogP contribution in [0.25, 0.3) is 0 Å². The summed E-state index contributed by atoms with van der Waals surface area (Å²) in [4.78, 5) is 22.1. The number of carbonyl (C=O) groups is 1. The molecule has 0 unspecified atom stereocenters. The third-order valence-electron chi connectivity index (χ3n) is 2.99. The molecule has 0 bridgehead atoms. The maximum Gasteiger partial charge on any atom is 0.276 e. The van der Waals surface area contributed by atoms with Crippen LogP contribution in [-0.2, 0) is 0 Å². The monoisotopic (exact) mass is 349 g/mol. The molecule has 2 aromatic rings. The number of nitro benzene ring substituents is 1. The molecule has 0 heterocycles. The Kier molecular flexibility index (Phi) is 4.37. The number of nitro groups is 1. The first-order valence-electron chi connectivity index (χ1n) is 6.12. The molecule has 0 fully saturated rings. The van der Waals surface area contributed by atoms with Crippen molar-refractivity contribution in [1.82, 2.24) is 0 Å². The van der Waals surface area contributed by atoms with Gasteiger partial charge in [-0.3, -0.25) is 14.9 Å². The minimum atomic E-state index is -0.463. The molecule has 0 saturated heterocycles. The van der Waals surface area contributed by atoms with Crippen LogP contribution in [0.4, 0.5) is 5.69 Å². The van der Waals surface area contributed by atoms with Gasteiger partial charge in [0.2, 0.25) is 0 Å². The Bertz CT molecular complexity index is 728. The molecule has 6 heteroatoms. The Morgan fingerprint density at radius 2 is 1.95 bits per heavy atom. The van der Waals surface area contributed by atoms with Gasteiger partial charge >= 0.3 is 0 Å². The minimum absolute atomic E-state index is 0.0195. The molecule has 0 aromatic heterocycles. The van der Waals surface area contributed by atoms with Crippen LogP contribution >= 0.6 is 15.9 Å². The first kappa shape index (κ1) is 15.2.